The molecule has 2 aromatic rings. The highest BCUT2D eigenvalue weighted by Gasteiger charge is 2.47. The third kappa shape index (κ3) is 3.21. The minimum absolute atomic E-state index is 0.0974. The number of carbonyl (C=O) groups is 2. The number of fused-ring (bicyclic) bond motifs is 2. The fraction of sp³-hybridized carbons (Fsp3) is 0.417. The van der Waals surface area contributed by atoms with E-state index in [1.165, 1.54) is 0 Å². The third-order valence-corrected chi connectivity index (χ3v) is 6.46. The Morgan fingerprint density at radius 1 is 0.679 bits per heavy atom. The van der Waals surface area contributed by atoms with Gasteiger partial charge < -0.3 is 9.47 Å². The molecule has 28 heavy (non-hydrogen) atoms. The van der Waals surface area contributed by atoms with Crippen LogP contribution >= 0.6 is 0 Å². The van der Waals surface area contributed by atoms with Crippen molar-refractivity contribution >= 4 is 11.6 Å². The van der Waals surface area contributed by atoms with Gasteiger partial charge in [0.2, 0.25) is 0 Å². The lowest BCUT2D eigenvalue weighted by molar-refractivity contribution is -0.128. The van der Waals surface area contributed by atoms with E-state index in [2.05, 4.69) is 0 Å². The van der Waals surface area contributed by atoms with Crippen molar-refractivity contribution < 1.29 is 19.1 Å². The topological polar surface area (TPSA) is 52.6 Å². The van der Waals surface area contributed by atoms with Crippen molar-refractivity contribution in [3.05, 3.63) is 59.7 Å². The van der Waals surface area contributed by atoms with Crippen molar-refractivity contribution in [2.45, 2.75) is 37.5 Å². The Kier molecular flexibility index (Phi) is 5.21. The van der Waals surface area contributed by atoms with Gasteiger partial charge in [0.05, 0.1) is 14.2 Å². The summed E-state index contributed by atoms with van der Waals surface area (Å²) in [6, 6.07) is 15.6. The molecule has 4 atom stereocenters. The fourth-order valence-electron chi connectivity index (χ4n) is 5.17. The second kappa shape index (κ2) is 7.78. The molecule has 0 aromatic heterocycles. The Balaban J connectivity index is 1.72. The number of hydrogen-bond donors (Lipinski definition) is 0. The molecular formula is C24H26O4. The monoisotopic (exact) mass is 378 g/mol. The van der Waals surface area contributed by atoms with Crippen LogP contribution in [0.5, 0.6) is 11.5 Å². The maximum atomic E-state index is 13.4. The minimum atomic E-state index is -0.122. The molecule has 4 nitrogen and oxygen atoms in total. The first kappa shape index (κ1) is 18.7. The largest absolute Gasteiger partial charge is 0.496 e. The van der Waals surface area contributed by atoms with E-state index in [0.717, 1.165) is 35.5 Å². The van der Waals surface area contributed by atoms with E-state index in [4.69, 9.17) is 9.47 Å². The summed E-state index contributed by atoms with van der Waals surface area (Å²) in [6.45, 7) is 0. The van der Waals surface area contributed by atoms with Gasteiger partial charge in [-0.3, -0.25) is 9.59 Å². The molecule has 146 valence electrons. The molecule has 2 aromatic carbocycles. The molecule has 4 heteroatoms. The quantitative estimate of drug-likeness (QED) is 0.784. The third-order valence-electron chi connectivity index (χ3n) is 6.46. The maximum absolute atomic E-state index is 13.4. The van der Waals surface area contributed by atoms with Gasteiger partial charge in [0.15, 0.2) is 0 Å². The molecule has 2 fully saturated rings. The summed E-state index contributed by atoms with van der Waals surface area (Å²) >= 11 is 0. The summed E-state index contributed by atoms with van der Waals surface area (Å²) in [7, 11) is 3.28. The number of ketones is 2. The molecule has 0 heterocycles. The zero-order valence-corrected chi connectivity index (χ0v) is 16.4. The average Bonchev–Trinajstić information content (AvgIpc) is 3.13. The van der Waals surface area contributed by atoms with E-state index in [1.807, 2.05) is 48.5 Å². The van der Waals surface area contributed by atoms with Crippen LogP contribution in [0.15, 0.2) is 48.5 Å². The van der Waals surface area contributed by atoms with Crippen LogP contribution in [-0.4, -0.2) is 25.8 Å². The van der Waals surface area contributed by atoms with Gasteiger partial charge in [0.1, 0.15) is 23.1 Å². The zero-order chi connectivity index (χ0) is 19.7. The number of para-hydroxylation sites is 2. The lowest BCUT2D eigenvalue weighted by atomic mass is 9.72. The molecule has 2 bridgehead atoms. The van der Waals surface area contributed by atoms with Gasteiger partial charge in [-0.05, 0) is 36.1 Å². The van der Waals surface area contributed by atoms with Crippen molar-refractivity contribution in [2.24, 2.45) is 11.8 Å². The van der Waals surface area contributed by atoms with Crippen LogP contribution in [0.3, 0.4) is 0 Å². The summed E-state index contributed by atoms with van der Waals surface area (Å²) in [5.74, 6) is 1.58. The highest BCUT2D eigenvalue weighted by molar-refractivity contribution is 5.91. The molecule has 0 spiro atoms. The van der Waals surface area contributed by atoms with Crippen LogP contribution in [-0.2, 0) is 9.59 Å². The van der Waals surface area contributed by atoms with Crippen LogP contribution in [0.4, 0.5) is 0 Å². The molecule has 0 amide bonds. The first-order chi connectivity index (χ1) is 13.6. The number of benzene rings is 2. The van der Waals surface area contributed by atoms with Crippen LogP contribution in [0, 0.1) is 11.8 Å². The fourth-order valence-corrected chi connectivity index (χ4v) is 5.17. The smallest absolute Gasteiger partial charge is 0.140 e. The van der Waals surface area contributed by atoms with E-state index in [-0.39, 0.29) is 29.5 Å². The Morgan fingerprint density at radius 2 is 1.11 bits per heavy atom. The van der Waals surface area contributed by atoms with Crippen molar-refractivity contribution in [1.82, 2.24) is 0 Å². The molecular weight excluding hydrogens is 352 g/mol. The summed E-state index contributed by atoms with van der Waals surface area (Å²) in [5, 5.41) is 0. The van der Waals surface area contributed by atoms with E-state index >= 15 is 0 Å². The number of methoxy groups -OCH3 is 2. The number of Topliss-reactive ketones (excluding diaryl/α,β-unsaturated/α-hetero) is 2. The summed E-state index contributed by atoms with van der Waals surface area (Å²) in [6.07, 6.45) is 2.42. The zero-order valence-electron chi connectivity index (χ0n) is 16.4. The normalized spacial score (nSPS) is 27.2. The molecule has 0 radical (unpaired) electrons. The van der Waals surface area contributed by atoms with Gasteiger partial charge in [0, 0.05) is 36.5 Å². The number of carbonyl (C=O) groups excluding carboxylic acids is 2. The van der Waals surface area contributed by atoms with Crippen molar-refractivity contribution in [3.63, 3.8) is 0 Å². The van der Waals surface area contributed by atoms with Crippen LogP contribution in [0.1, 0.15) is 48.6 Å². The van der Waals surface area contributed by atoms with Crippen molar-refractivity contribution in [3.8, 4) is 11.5 Å². The molecule has 2 saturated carbocycles. The summed E-state index contributed by atoms with van der Waals surface area (Å²) < 4.78 is 11.1. The van der Waals surface area contributed by atoms with E-state index in [1.54, 1.807) is 14.2 Å². The van der Waals surface area contributed by atoms with Gasteiger partial charge in [-0.25, -0.2) is 0 Å². The lowest BCUT2D eigenvalue weighted by Crippen LogP contribution is -2.30. The predicted octanol–water partition coefficient (Wildman–Crippen LogP) is 4.53. The number of ether oxygens (including phenoxy) is 2. The standard InChI is InChI=1S/C24H26O4/c1-27-22-9-5-3-7-16(22)20-13-15(25)14-21(19-12-11-18(20)24(19)26)17-8-4-6-10-23(17)28-2/h3-10,18-21H,11-14H2,1-2H3. The van der Waals surface area contributed by atoms with E-state index < -0.39 is 0 Å². The first-order valence-corrected chi connectivity index (χ1v) is 9.95. The van der Waals surface area contributed by atoms with Gasteiger partial charge in [-0.1, -0.05) is 36.4 Å². The second-order valence-electron chi connectivity index (χ2n) is 7.84. The number of rotatable bonds is 4. The number of hydrogen-bond acceptors (Lipinski definition) is 4. The highest BCUT2D eigenvalue weighted by Crippen LogP contribution is 2.50. The Morgan fingerprint density at radius 3 is 1.54 bits per heavy atom. The molecule has 4 rings (SSSR count). The minimum Gasteiger partial charge on any atom is -0.496 e. The molecule has 0 aliphatic heterocycles. The Bertz CT molecular complexity index is 818. The summed E-state index contributed by atoms with van der Waals surface area (Å²) in [4.78, 5) is 26.5. The average molecular weight is 378 g/mol. The van der Waals surface area contributed by atoms with E-state index in [9.17, 15) is 9.59 Å². The van der Waals surface area contributed by atoms with Crippen molar-refractivity contribution in [1.29, 1.82) is 0 Å². The first-order valence-electron chi connectivity index (χ1n) is 9.95. The van der Waals surface area contributed by atoms with Crippen molar-refractivity contribution in [2.75, 3.05) is 14.2 Å². The SMILES string of the molecule is COc1ccccc1C1CC(=O)CC(c2ccccc2OC)C2CCC1C2=O. The summed E-state index contributed by atoms with van der Waals surface area (Å²) in [5.41, 5.74) is 1.96. The molecule has 0 saturated heterocycles. The van der Waals surface area contributed by atoms with Crippen LogP contribution in [0.25, 0.3) is 0 Å². The predicted molar refractivity (Wildman–Crippen MR) is 107 cm³/mol. The van der Waals surface area contributed by atoms with Crippen LogP contribution < -0.4 is 9.47 Å². The van der Waals surface area contributed by atoms with Gasteiger partial charge in [-0.2, -0.15) is 0 Å². The second-order valence-corrected chi connectivity index (χ2v) is 7.84. The molecule has 2 aliphatic rings. The molecule has 4 unspecified atom stereocenters. The van der Waals surface area contributed by atoms with Gasteiger partial charge >= 0.3 is 0 Å². The maximum Gasteiger partial charge on any atom is 0.140 e. The Hall–Kier alpha value is -2.62. The lowest BCUT2D eigenvalue weighted by Gasteiger charge is -2.30. The van der Waals surface area contributed by atoms with Crippen LogP contribution in [0.2, 0.25) is 0 Å². The van der Waals surface area contributed by atoms with Gasteiger partial charge in [0.25, 0.3) is 0 Å². The molecule has 2 aliphatic carbocycles. The highest BCUT2D eigenvalue weighted by atomic mass is 16.5. The molecule has 0 N–H and O–H groups in total. The van der Waals surface area contributed by atoms with Gasteiger partial charge in [-0.15, -0.1) is 0 Å². The van der Waals surface area contributed by atoms with E-state index in [0.29, 0.717) is 18.6 Å². The Labute approximate surface area is 165 Å².